The zero-order valence-electron chi connectivity index (χ0n) is 14.3. The molecule has 0 unspecified atom stereocenters. The van der Waals surface area contributed by atoms with Gasteiger partial charge in [-0.1, -0.05) is 0 Å². The number of carbonyl (C=O) groups is 2. The molecule has 2 aromatic rings. The molecule has 1 amide bonds. The van der Waals surface area contributed by atoms with Crippen molar-refractivity contribution in [1.29, 1.82) is 0 Å². The van der Waals surface area contributed by atoms with Crippen LogP contribution in [0.25, 0.3) is 0 Å². The minimum absolute atomic E-state index is 0.0256. The number of likely N-dealkylation sites (N-methyl/N-ethyl adjacent to an activating group) is 1. The third-order valence-corrected chi connectivity index (χ3v) is 4.34. The Bertz CT molecular complexity index is 837. The van der Waals surface area contributed by atoms with Crippen molar-refractivity contribution in [2.75, 3.05) is 27.2 Å². The van der Waals surface area contributed by atoms with Gasteiger partial charge in [-0.2, -0.15) is 0 Å². The summed E-state index contributed by atoms with van der Waals surface area (Å²) in [6.07, 6.45) is 2.37. The lowest BCUT2D eigenvalue weighted by Gasteiger charge is -2.22. The average Bonchev–Trinajstić information content (AvgIpc) is 3.08. The molecular formula is C18H21N3O4. The second-order valence-electron chi connectivity index (χ2n) is 6.51. The number of fused-ring (bicyclic) bond motifs is 1. The van der Waals surface area contributed by atoms with E-state index in [1.54, 1.807) is 12.3 Å². The highest BCUT2D eigenvalue weighted by molar-refractivity contribution is 6.02. The molecule has 2 aromatic heterocycles. The van der Waals surface area contributed by atoms with Crippen molar-refractivity contribution in [1.82, 2.24) is 15.2 Å². The normalized spacial score (nSPS) is 16.8. The maximum atomic E-state index is 12.5. The van der Waals surface area contributed by atoms with Crippen molar-refractivity contribution in [3.05, 3.63) is 57.4 Å². The van der Waals surface area contributed by atoms with Crippen LogP contribution < -0.4 is 10.9 Å². The molecule has 1 aliphatic carbocycles. The first-order valence-electron chi connectivity index (χ1n) is 8.21. The number of aromatic amines is 1. The number of aromatic nitrogens is 1. The van der Waals surface area contributed by atoms with Gasteiger partial charge in [-0.3, -0.25) is 14.4 Å². The van der Waals surface area contributed by atoms with Gasteiger partial charge in [0.15, 0.2) is 5.78 Å². The standard InChI is InChI=1S/C18H21N3O4/c1-21(2)6-5-19-17(23)13-10-12-14(20-18(13)24)8-11(9-15(12)22)16-4-3-7-25-16/h3-4,7,10-11H,5-6,8-9H2,1-2H3,(H,19,23)(H,20,24)/t11-/m0/s1. The van der Waals surface area contributed by atoms with Crippen LogP contribution in [-0.4, -0.2) is 48.8 Å². The van der Waals surface area contributed by atoms with Gasteiger partial charge >= 0.3 is 0 Å². The van der Waals surface area contributed by atoms with Crippen LogP contribution in [0.1, 0.15) is 44.5 Å². The van der Waals surface area contributed by atoms with Gasteiger partial charge in [0.25, 0.3) is 11.5 Å². The van der Waals surface area contributed by atoms with E-state index in [0.717, 1.165) is 5.76 Å². The van der Waals surface area contributed by atoms with E-state index in [1.807, 2.05) is 25.1 Å². The van der Waals surface area contributed by atoms with Gasteiger partial charge < -0.3 is 19.6 Å². The van der Waals surface area contributed by atoms with Crippen molar-refractivity contribution in [3.63, 3.8) is 0 Å². The number of H-pyrrole nitrogens is 1. The molecule has 0 fully saturated rings. The molecule has 3 rings (SSSR count). The topological polar surface area (TPSA) is 95.4 Å². The van der Waals surface area contributed by atoms with Gasteiger partial charge in [0, 0.05) is 36.7 Å². The lowest BCUT2D eigenvalue weighted by molar-refractivity contribution is 0.0949. The fourth-order valence-corrected chi connectivity index (χ4v) is 3.01. The Morgan fingerprint density at radius 3 is 2.84 bits per heavy atom. The molecule has 0 saturated carbocycles. The molecule has 0 radical (unpaired) electrons. The van der Waals surface area contributed by atoms with Crippen LogP contribution in [-0.2, 0) is 6.42 Å². The third-order valence-electron chi connectivity index (χ3n) is 4.34. The zero-order chi connectivity index (χ0) is 18.0. The number of hydrogen-bond donors (Lipinski definition) is 2. The van der Waals surface area contributed by atoms with Gasteiger partial charge in [0.2, 0.25) is 0 Å². The Labute approximate surface area is 145 Å². The van der Waals surface area contributed by atoms with Gasteiger partial charge in [0.1, 0.15) is 11.3 Å². The van der Waals surface area contributed by atoms with Crippen LogP contribution in [0.5, 0.6) is 0 Å². The van der Waals surface area contributed by atoms with Crippen LogP contribution in [0.15, 0.2) is 33.7 Å². The second kappa shape index (κ2) is 7.06. The van der Waals surface area contributed by atoms with Gasteiger partial charge in [0.05, 0.1) is 6.26 Å². The SMILES string of the molecule is CN(C)CCNC(=O)c1cc2c([nH]c1=O)C[C@H](c1ccco1)CC2=O. The zero-order valence-corrected chi connectivity index (χ0v) is 14.3. The number of ketones is 1. The summed E-state index contributed by atoms with van der Waals surface area (Å²) >= 11 is 0. The van der Waals surface area contributed by atoms with Crippen molar-refractivity contribution in [2.45, 2.75) is 18.8 Å². The van der Waals surface area contributed by atoms with Crippen LogP contribution in [0.4, 0.5) is 0 Å². The quantitative estimate of drug-likeness (QED) is 0.850. The highest BCUT2D eigenvalue weighted by Gasteiger charge is 2.30. The molecule has 0 spiro atoms. The Morgan fingerprint density at radius 2 is 2.16 bits per heavy atom. The van der Waals surface area contributed by atoms with Gasteiger partial charge in [-0.15, -0.1) is 0 Å². The minimum Gasteiger partial charge on any atom is -0.469 e. The molecule has 132 valence electrons. The van der Waals surface area contributed by atoms with Gasteiger partial charge in [-0.25, -0.2) is 0 Å². The lowest BCUT2D eigenvalue weighted by atomic mass is 9.84. The van der Waals surface area contributed by atoms with E-state index in [2.05, 4.69) is 10.3 Å². The fraction of sp³-hybridized carbons (Fsp3) is 0.389. The number of pyridine rings is 1. The second-order valence-corrected chi connectivity index (χ2v) is 6.51. The monoisotopic (exact) mass is 343 g/mol. The first-order valence-corrected chi connectivity index (χ1v) is 8.21. The van der Waals surface area contributed by atoms with E-state index in [1.165, 1.54) is 6.07 Å². The largest absolute Gasteiger partial charge is 0.469 e. The first-order chi connectivity index (χ1) is 12.0. The van der Waals surface area contributed by atoms with E-state index in [0.29, 0.717) is 37.2 Å². The molecular weight excluding hydrogens is 322 g/mol. The van der Waals surface area contributed by atoms with Crippen LogP contribution in [0, 0.1) is 0 Å². The van der Waals surface area contributed by atoms with Crippen LogP contribution >= 0.6 is 0 Å². The maximum absolute atomic E-state index is 12.5. The summed E-state index contributed by atoms with van der Waals surface area (Å²) in [4.78, 5) is 41.6. The third kappa shape index (κ3) is 3.71. The summed E-state index contributed by atoms with van der Waals surface area (Å²) in [6.45, 7) is 1.09. The molecule has 25 heavy (non-hydrogen) atoms. The molecule has 7 heteroatoms. The average molecular weight is 343 g/mol. The molecule has 1 atom stereocenters. The lowest BCUT2D eigenvalue weighted by Crippen LogP contribution is -2.35. The Morgan fingerprint density at radius 1 is 1.36 bits per heavy atom. The minimum atomic E-state index is -0.478. The fourth-order valence-electron chi connectivity index (χ4n) is 3.01. The number of Topliss-reactive ketones (excluding diaryl/α,β-unsaturated/α-hetero) is 1. The number of amides is 1. The van der Waals surface area contributed by atoms with E-state index in [4.69, 9.17) is 4.42 Å². The van der Waals surface area contributed by atoms with E-state index < -0.39 is 11.5 Å². The highest BCUT2D eigenvalue weighted by Crippen LogP contribution is 2.31. The smallest absolute Gasteiger partial charge is 0.261 e. The van der Waals surface area contributed by atoms with Crippen molar-refractivity contribution >= 4 is 11.7 Å². The predicted octanol–water partition coefficient (Wildman–Crippen LogP) is 1.17. The molecule has 0 aliphatic heterocycles. The summed E-state index contributed by atoms with van der Waals surface area (Å²) in [5, 5.41) is 2.70. The van der Waals surface area contributed by atoms with Gasteiger partial charge in [-0.05, 0) is 38.7 Å². The van der Waals surface area contributed by atoms with E-state index in [-0.39, 0.29) is 17.3 Å². The van der Waals surface area contributed by atoms with E-state index in [9.17, 15) is 14.4 Å². The summed E-state index contributed by atoms with van der Waals surface area (Å²) < 4.78 is 5.38. The molecule has 0 bridgehead atoms. The highest BCUT2D eigenvalue weighted by atomic mass is 16.3. The molecule has 2 heterocycles. The number of furan rings is 1. The number of nitrogens with one attached hydrogen (secondary N) is 2. The number of rotatable bonds is 5. The summed E-state index contributed by atoms with van der Waals surface area (Å²) in [5.74, 6) is 0.0730. The first kappa shape index (κ1) is 17.2. The summed E-state index contributed by atoms with van der Waals surface area (Å²) in [7, 11) is 3.79. The van der Waals surface area contributed by atoms with Crippen molar-refractivity contribution < 1.29 is 14.0 Å². The molecule has 1 aliphatic rings. The van der Waals surface area contributed by atoms with Crippen LogP contribution in [0.3, 0.4) is 0 Å². The number of carbonyl (C=O) groups excluding carboxylic acids is 2. The molecule has 2 N–H and O–H groups in total. The number of nitrogens with zero attached hydrogens (tertiary/aromatic N) is 1. The molecule has 7 nitrogen and oxygen atoms in total. The Kier molecular flexibility index (Phi) is 4.85. The Balaban J connectivity index is 1.82. The molecule has 0 aromatic carbocycles. The van der Waals surface area contributed by atoms with Crippen molar-refractivity contribution in [2.24, 2.45) is 0 Å². The van der Waals surface area contributed by atoms with Crippen molar-refractivity contribution in [3.8, 4) is 0 Å². The predicted molar refractivity (Wildman–Crippen MR) is 92.1 cm³/mol. The number of hydrogen-bond acceptors (Lipinski definition) is 5. The summed E-state index contributed by atoms with van der Waals surface area (Å²) in [5.41, 5.74) is 0.476. The Hall–Kier alpha value is -2.67. The summed E-state index contributed by atoms with van der Waals surface area (Å²) in [6, 6.07) is 5.02. The van der Waals surface area contributed by atoms with E-state index >= 15 is 0 Å². The molecule has 0 saturated heterocycles. The van der Waals surface area contributed by atoms with Crippen LogP contribution in [0.2, 0.25) is 0 Å². The maximum Gasteiger partial charge on any atom is 0.261 e.